The number of carbonyl (C=O) groups excluding carboxylic acids is 1. The van der Waals surface area contributed by atoms with E-state index in [2.05, 4.69) is 15.6 Å². The molecule has 0 spiro atoms. The molecule has 1 aromatic carbocycles. The van der Waals surface area contributed by atoms with Gasteiger partial charge < -0.3 is 29.4 Å². The van der Waals surface area contributed by atoms with Crippen LogP contribution in [0.15, 0.2) is 46.0 Å². The first-order chi connectivity index (χ1) is 14.8. The van der Waals surface area contributed by atoms with Crippen LogP contribution in [0.1, 0.15) is 25.0 Å². The van der Waals surface area contributed by atoms with Crippen molar-refractivity contribution in [3.05, 3.63) is 42.4 Å². The third-order valence-corrected chi connectivity index (χ3v) is 5.09. The highest BCUT2D eigenvalue weighted by molar-refractivity contribution is 14.0. The van der Waals surface area contributed by atoms with Crippen molar-refractivity contribution in [2.24, 2.45) is 4.99 Å². The summed E-state index contributed by atoms with van der Waals surface area (Å²) in [4.78, 5) is 18.8. The van der Waals surface area contributed by atoms with Crippen molar-refractivity contribution in [3.8, 4) is 11.5 Å². The molecule has 2 aliphatic rings. The Labute approximate surface area is 199 Å². The zero-order chi connectivity index (χ0) is 20.6. The number of rotatable bonds is 6. The molecule has 8 nitrogen and oxygen atoms in total. The van der Waals surface area contributed by atoms with Crippen LogP contribution >= 0.6 is 24.0 Å². The van der Waals surface area contributed by atoms with Crippen LogP contribution in [0.3, 0.4) is 0 Å². The summed E-state index contributed by atoms with van der Waals surface area (Å²) in [5, 5.41) is 6.56. The van der Waals surface area contributed by atoms with Gasteiger partial charge in [0.1, 0.15) is 12.3 Å². The number of amides is 1. The molecular weight excluding hydrogens is 511 g/mol. The summed E-state index contributed by atoms with van der Waals surface area (Å²) in [6, 6.07) is 9.51. The highest BCUT2D eigenvalue weighted by atomic mass is 127. The average Bonchev–Trinajstić information content (AvgIpc) is 3.43. The Morgan fingerprint density at radius 3 is 2.65 bits per heavy atom. The topological polar surface area (TPSA) is 88.3 Å². The summed E-state index contributed by atoms with van der Waals surface area (Å²) in [6.07, 6.45) is 5.37. The Balaban J connectivity index is 0.00000272. The number of fused-ring (bicyclic) bond motifs is 1. The zero-order valence-electron chi connectivity index (χ0n) is 17.5. The number of nitrogens with one attached hydrogen (secondary N) is 2. The number of benzene rings is 1. The minimum Gasteiger partial charge on any atom is -0.490 e. The predicted molar refractivity (Wildman–Crippen MR) is 130 cm³/mol. The van der Waals surface area contributed by atoms with E-state index in [1.165, 1.54) is 0 Å². The molecular formula is C22H29IN4O4. The largest absolute Gasteiger partial charge is 0.490 e. The minimum atomic E-state index is 0. The lowest BCUT2D eigenvalue weighted by Crippen LogP contribution is -2.35. The molecule has 2 aromatic rings. The summed E-state index contributed by atoms with van der Waals surface area (Å²) in [6.45, 7) is 3.67. The number of hydrogen-bond acceptors (Lipinski definition) is 5. The minimum absolute atomic E-state index is 0. The van der Waals surface area contributed by atoms with Crippen molar-refractivity contribution in [3.63, 3.8) is 0 Å². The van der Waals surface area contributed by atoms with E-state index < -0.39 is 0 Å². The average molecular weight is 540 g/mol. The second-order valence-corrected chi connectivity index (χ2v) is 7.35. The molecule has 9 heteroatoms. The van der Waals surface area contributed by atoms with Gasteiger partial charge in [-0.25, -0.2) is 4.99 Å². The standard InChI is InChI=1S/C22H28N4O4.HI/c27-21(26-10-1-2-11-26)16-24-22(23-9-8-18-5-3-12-28-18)25-17-6-7-19-20(15-17)30-14-4-13-29-19;/h3,5-7,12,15H,1-2,4,8-11,13-14,16H2,(H2,23,24,25);1H. The molecule has 0 aliphatic carbocycles. The maximum atomic E-state index is 12.4. The Kier molecular flexibility index (Phi) is 8.86. The van der Waals surface area contributed by atoms with Gasteiger partial charge in [0.15, 0.2) is 17.5 Å². The van der Waals surface area contributed by atoms with Crippen LogP contribution in [0.5, 0.6) is 11.5 Å². The number of carbonyl (C=O) groups is 1. The highest BCUT2D eigenvalue weighted by Crippen LogP contribution is 2.32. The first-order valence-electron chi connectivity index (χ1n) is 10.5. The Hall–Kier alpha value is -2.43. The summed E-state index contributed by atoms with van der Waals surface area (Å²) < 4.78 is 16.8. The number of ether oxygens (including phenoxy) is 2. The normalized spacial score (nSPS) is 15.7. The number of hydrogen-bond donors (Lipinski definition) is 2. The fourth-order valence-corrected chi connectivity index (χ4v) is 3.49. The molecule has 4 rings (SSSR count). The predicted octanol–water partition coefficient (Wildman–Crippen LogP) is 3.28. The van der Waals surface area contributed by atoms with E-state index in [4.69, 9.17) is 13.9 Å². The van der Waals surface area contributed by atoms with Crippen LogP contribution in [0.2, 0.25) is 0 Å². The van der Waals surface area contributed by atoms with Crippen molar-refractivity contribution in [2.45, 2.75) is 25.7 Å². The van der Waals surface area contributed by atoms with Gasteiger partial charge in [0.2, 0.25) is 5.91 Å². The number of anilines is 1. The molecule has 1 fully saturated rings. The summed E-state index contributed by atoms with van der Waals surface area (Å²) in [5.41, 5.74) is 0.817. The number of aliphatic imine (C=N–C) groups is 1. The van der Waals surface area contributed by atoms with E-state index >= 15 is 0 Å². The monoisotopic (exact) mass is 540 g/mol. The van der Waals surface area contributed by atoms with Gasteiger partial charge in [0.05, 0.1) is 19.5 Å². The molecule has 31 heavy (non-hydrogen) atoms. The number of nitrogens with zero attached hydrogens (tertiary/aromatic N) is 2. The van der Waals surface area contributed by atoms with Crippen LogP contribution in [0.4, 0.5) is 5.69 Å². The molecule has 1 aromatic heterocycles. The molecule has 0 radical (unpaired) electrons. The van der Waals surface area contributed by atoms with Crippen LogP contribution in [-0.2, 0) is 11.2 Å². The lowest BCUT2D eigenvalue weighted by Gasteiger charge is -2.16. The van der Waals surface area contributed by atoms with Crippen LogP contribution in [-0.4, -0.2) is 56.2 Å². The molecule has 0 unspecified atom stereocenters. The summed E-state index contributed by atoms with van der Waals surface area (Å²) >= 11 is 0. The fourth-order valence-electron chi connectivity index (χ4n) is 3.49. The van der Waals surface area contributed by atoms with Gasteiger partial charge in [-0.2, -0.15) is 0 Å². The lowest BCUT2D eigenvalue weighted by atomic mass is 10.2. The first-order valence-corrected chi connectivity index (χ1v) is 10.5. The molecule has 2 N–H and O–H groups in total. The molecule has 1 amide bonds. The Bertz CT molecular complexity index is 866. The summed E-state index contributed by atoms with van der Waals surface area (Å²) in [5.74, 6) is 2.94. The molecule has 0 saturated carbocycles. The van der Waals surface area contributed by atoms with Crippen LogP contribution in [0, 0.1) is 0 Å². The van der Waals surface area contributed by atoms with Crippen molar-refractivity contribution < 1.29 is 18.7 Å². The van der Waals surface area contributed by atoms with Crippen molar-refractivity contribution in [1.82, 2.24) is 10.2 Å². The number of furan rings is 1. The quantitative estimate of drug-likeness (QED) is 0.332. The van der Waals surface area contributed by atoms with Gasteiger partial charge in [0, 0.05) is 44.2 Å². The van der Waals surface area contributed by atoms with Crippen LogP contribution in [0.25, 0.3) is 0 Å². The van der Waals surface area contributed by atoms with Crippen molar-refractivity contribution in [1.29, 1.82) is 0 Å². The fraction of sp³-hybridized carbons (Fsp3) is 0.455. The van der Waals surface area contributed by atoms with Gasteiger partial charge in [-0.15, -0.1) is 24.0 Å². The number of guanidine groups is 1. The van der Waals surface area contributed by atoms with Crippen molar-refractivity contribution >= 4 is 41.5 Å². The van der Waals surface area contributed by atoms with Gasteiger partial charge >= 0.3 is 0 Å². The molecule has 3 heterocycles. The zero-order valence-corrected chi connectivity index (χ0v) is 19.8. The third-order valence-electron chi connectivity index (χ3n) is 5.09. The first kappa shape index (κ1) is 23.2. The van der Waals surface area contributed by atoms with Gasteiger partial charge in [-0.1, -0.05) is 0 Å². The SMILES string of the molecule is I.O=C(CN=C(NCCc1ccco1)Nc1ccc2c(c1)OCCCO2)N1CCCC1. The molecule has 0 bridgehead atoms. The molecule has 1 saturated heterocycles. The van der Waals surface area contributed by atoms with Crippen LogP contribution < -0.4 is 20.1 Å². The van der Waals surface area contributed by atoms with Crippen molar-refractivity contribution in [2.75, 3.05) is 44.7 Å². The maximum Gasteiger partial charge on any atom is 0.244 e. The van der Waals surface area contributed by atoms with E-state index in [1.54, 1.807) is 6.26 Å². The number of likely N-dealkylation sites (tertiary alicyclic amines) is 1. The molecule has 0 atom stereocenters. The van der Waals surface area contributed by atoms with Gasteiger partial charge in [-0.05, 0) is 37.1 Å². The van der Waals surface area contributed by atoms with E-state index in [0.717, 1.165) is 56.0 Å². The van der Waals surface area contributed by atoms with Gasteiger partial charge in [-0.3, -0.25) is 4.79 Å². The van der Waals surface area contributed by atoms with Gasteiger partial charge in [0.25, 0.3) is 0 Å². The Morgan fingerprint density at radius 1 is 1.06 bits per heavy atom. The van der Waals surface area contributed by atoms with E-state index in [-0.39, 0.29) is 36.4 Å². The maximum absolute atomic E-state index is 12.4. The van der Waals surface area contributed by atoms with E-state index in [0.29, 0.717) is 31.5 Å². The third kappa shape index (κ3) is 6.78. The summed E-state index contributed by atoms with van der Waals surface area (Å²) in [7, 11) is 0. The van der Waals surface area contributed by atoms with E-state index in [1.807, 2.05) is 35.2 Å². The highest BCUT2D eigenvalue weighted by Gasteiger charge is 2.17. The van der Waals surface area contributed by atoms with E-state index in [9.17, 15) is 4.79 Å². The molecule has 2 aliphatic heterocycles. The smallest absolute Gasteiger partial charge is 0.244 e. The Morgan fingerprint density at radius 2 is 1.87 bits per heavy atom. The second kappa shape index (κ2) is 11.8. The lowest BCUT2D eigenvalue weighted by molar-refractivity contribution is -0.128. The molecule has 168 valence electrons. The second-order valence-electron chi connectivity index (χ2n) is 7.35. The number of halogens is 1.